The van der Waals surface area contributed by atoms with E-state index in [4.69, 9.17) is 10.5 Å². The first-order valence-corrected chi connectivity index (χ1v) is 6.76. The van der Waals surface area contributed by atoms with Crippen molar-refractivity contribution >= 4 is 5.91 Å². The van der Waals surface area contributed by atoms with Crippen molar-refractivity contribution in [2.75, 3.05) is 26.7 Å². The zero-order valence-corrected chi connectivity index (χ0v) is 10.7. The molecule has 1 aliphatic heterocycles. The van der Waals surface area contributed by atoms with Crippen molar-refractivity contribution in [1.82, 2.24) is 4.90 Å². The number of amides is 1. The minimum Gasteiger partial charge on any atom is -0.380 e. The lowest BCUT2D eigenvalue weighted by molar-refractivity contribution is -0.136. The maximum absolute atomic E-state index is 12.4. The summed E-state index contributed by atoms with van der Waals surface area (Å²) in [6.07, 6.45) is 5.61. The van der Waals surface area contributed by atoms with Crippen LogP contribution in [0.3, 0.4) is 0 Å². The van der Waals surface area contributed by atoms with Crippen LogP contribution in [0.1, 0.15) is 32.1 Å². The molecular weight excluding hydrogens is 216 g/mol. The summed E-state index contributed by atoms with van der Waals surface area (Å²) in [6, 6.07) is 0. The second-order valence-corrected chi connectivity index (χ2v) is 5.40. The first kappa shape index (κ1) is 12.8. The van der Waals surface area contributed by atoms with Crippen LogP contribution in [0.4, 0.5) is 0 Å². The van der Waals surface area contributed by atoms with Gasteiger partial charge in [0.1, 0.15) is 0 Å². The minimum atomic E-state index is 0.216. The van der Waals surface area contributed by atoms with E-state index in [9.17, 15) is 4.79 Å². The molecule has 2 rings (SSSR count). The van der Waals surface area contributed by atoms with Crippen molar-refractivity contribution in [3.05, 3.63) is 0 Å². The monoisotopic (exact) mass is 240 g/mol. The fourth-order valence-corrected chi connectivity index (χ4v) is 3.11. The third-order valence-corrected chi connectivity index (χ3v) is 4.26. The smallest absolute Gasteiger partial charge is 0.225 e. The molecular formula is C13H24N2O2. The maximum Gasteiger partial charge on any atom is 0.225 e. The van der Waals surface area contributed by atoms with Crippen molar-refractivity contribution in [2.45, 2.75) is 38.2 Å². The number of nitrogens with zero attached hydrogens (tertiary/aromatic N) is 1. The molecule has 0 aromatic carbocycles. The van der Waals surface area contributed by atoms with Crippen LogP contribution in [0.5, 0.6) is 0 Å². The van der Waals surface area contributed by atoms with Gasteiger partial charge in [0, 0.05) is 26.1 Å². The van der Waals surface area contributed by atoms with Gasteiger partial charge in [0.2, 0.25) is 5.91 Å². The van der Waals surface area contributed by atoms with Crippen molar-refractivity contribution in [1.29, 1.82) is 0 Å². The van der Waals surface area contributed by atoms with Crippen LogP contribution in [-0.4, -0.2) is 43.7 Å². The van der Waals surface area contributed by atoms with Crippen LogP contribution in [0.25, 0.3) is 0 Å². The van der Waals surface area contributed by atoms with Crippen LogP contribution in [-0.2, 0) is 9.53 Å². The Labute approximate surface area is 103 Å². The number of nitrogens with two attached hydrogens (primary N) is 1. The first-order chi connectivity index (χ1) is 8.24. The summed E-state index contributed by atoms with van der Waals surface area (Å²) in [5.41, 5.74) is 5.72. The molecule has 2 aliphatic rings. The van der Waals surface area contributed by atoms with Crippen molar-refractivity contribution < 1.29 is 9.53 Å². The second-order valence-electron chi connectivity index (χ2n) is 5.40. The molecule has 0 aromatic heterocycles. The van der Waals surface area contributed by atoms with Crippen LogP contribution in [0, 0.1) is 11.8 Å². The van der Waals surface area contributed by atoms with E-state index in [2.05, 4.69) is 0 Å². The van der Waals surface area contributed by atoms with E-state index < -0.39 is 0 Å². The van der Waals surface area contributed by atoms with Crippen molar-refractivity contribution in [2.24, 2.45) is 17.6 Å². The molecule has 0 spiro atoms. The number of methoxy groups -OCH3 is 1. The predicted molar refractivity (Wildman–Crippen MR) is 66.5 cm³/mol. The summed E-state index contributed by atoms with van der Waals surface area (Å²) in [7, 11) is 1.73. The Morgan fingerprint density at radius 2 is 2.24 bits per heavy atom. The van der Waals surface area contributed by atoms with Gasteiger partial charge in [-0.05, 0) is 38.1 Å². The van der Waals surface area contributed by atoms with E-state index in [0.29, 0.717) is 11.8 Å². The van der Waals surface area contributed by atoms with Gasteiger partial charge in [-0.15, -0.1) is 0 Å². The first-order valence-electron chi connectivity index (χ1n) is 6.76. The lowest BCUT2D eigenvalue weighted by atomic mass is 9.81. The Kier molecular flexibility index (Phi) is 4.40. The second kappa shape index (κ2) is 5.83. The highest BCUT2D eigenvalue weighted by Crippen LogP contribution is 2.30. The normalized spacial score (nSPS) is 34.0. The quantitative estimate of drug-likeness (QED) is 0.800. The molecule has 17 heavy (non-hydrogen) atoms. The number of likely N-dealkylation sites (tertiary alicyclic amines) is 1. The van der Waals surface area contributed by atoms with Gasteiger partial charge in [-0.3, -0.25) is 4.79 Å². The Balaban J connectivity index is 1.87. The molecule has 4 nitrogen and oxygen atoms in total. The van der Waals surface area contributed by atoms with Gasteiger partial charge in [-0.1, -0.05) is 6.42 Å². The van der Waals surface area contributed by atoms with E-state index in [1.54, 1.807) is 7.11 Å². The number of carbonyl (C=O) groups is 1. The Hall–Kier alpha value is -0.610. The summed E-state index contributed by atoms with van der Waals surface area (Å²) in [5.74, 6) is 1.11. The molecule has 2 N–H and O–H groups in total. The molecule has 0 radical (unpaired) electrons. The topological polar surface area (TPSA) is 55.6 Å². The Morgan fingerprint density at radius 3 is 2.88 bits per heavy atom. The van der Waals surface area contributed by atoms with Crippen molar-refractivity contribution in [3.63, 3.8) is 0 Å². The highest BCUT2D eigenvalue weighted by atomic mass is 16.5. The summed E-state index contributed by atoms with van der Waals surface area (Å²) in [5, 5.41) is 0. The van der Waals surface area contributed by atoms with Gasteiger partial charge in [0.15, 0.2) is 0 Å². The Bertz CT molecular complexity index is 270. The third kappa shape index (κ3) is 2.99. The average molecular weight is 240 g/mol. The van der Waals surface area contributed by atoms with Gasteiger partial charge in [0.05, 0.1) is 6.10 Å². The summed E-state index contributed by atoms with van der Waals surface area (Å²) in [4.78, 5) is 14.3. The van der Waals surface area contributed by atoms with Gasteiger partial charge in [-0.2, -0.15) is 0 Å². The van der Waals surface area contributed by atoms with Gasteiger partial charge < -0.3 is 15.4 Å². The molecule has 1 saturated heterocycles. The molecule has 1 heterocycles. The summed E-state index contributed by atoms with van der Waals surface area (Å²) >= 11 is 0. The van der Waals surface area contributed by atoms with Crippen LogP contribution < -0.4 is 5.73 Å². The molecule has 0 bridgehead atoms. The minimum absolute atomic E-state index is 0.216. The largest absolute Gasteiger partial charge is 0.380 e. The number of ether oxygens (including phenoxy) is 1. The lowest BCUT2D eigenvalue weighted by Crippen LogP contribution is -2.38. The molecule has 3 atom stereocenters. The Morgan fingerprint density at radius 1 is 1.41 bits per heavy atom. The van der Waals surface area contributed by atoms with Gasteiger partial charge in [-0.25, -0.2) is 0 Å². The van der Waals surface area contributed by atoms with E-state index >= 15 is 0 Å². The third-order valence-electron chi connectivity index (χ3n) is 4.26. The van der Waals surface area contributed by atoms with Gasteiger partial charge >= 0.3 is 0 Å². The van der Waals surface area contributed by atoms with Crippen molar-refractivity contribution in [3.8, 4) is 0 Å². The fourth-order valence-electron chi connectivity index (χ4n) is 3.11. The molecule has 3 unspecified atom stereocenters. The number of hydrogen-bond acceptors (Lipinski definition) is 3. The molecule has 4 heteroatoms. The van der Waals surface area contributed by atoms with E-state index in [1.165, 1.54) is 6.42 Å². The standard InChI is InChI=1S/C13H24N2O2/c1-17-12-5-6-15(9-12)13(16)11-4-2-3-10(7-11)8-14/h10-12H,2-9,14H2,1H3. The molecule has 0 aromatic rings. The van der Waals surface area contributed by atoms with Crippen LogP contribution >= 0.6 is 0 Å². The van der Waals surface area contributed by atoms with Crippen LogP contribution in [0.2, 0.25) is 0 Å². The SMILES string of the molecule is COC1CCN(C(=O)C2CCCC(CN)C2)C1. The predicted octanol–water partition coefficient (Wildman–Crippen LogP) is 0.999. The number of carbonyl (C=O) groups excluding carboxylic acids is 1. The number of hydrogen-bond donors (Lipinski definition) is 1. The summed E-state index contributed by atoms with van der Waals surface area (Å²) in [6.45, 7) is 2.37. The average Bonchev–Trinajstić information content (AvgIpc) is 2.86. The highest BCUT2D eigenvalue weighted by molar-refractivity contribution is 5.79. The molecule has 1 saturated carbocycles. The fraction of sp³-hybridized carbons (Fsp3) is 0.923. The molecule has 2 fully saturated rings. The zero-order chi connectivity index (χ0) is 12.3. The summed E-state index contributed by atoms with van der Waals surface area (Å²) < 4.78 is 5.31. The van der Waals surface area contributed by atoms with Crippen LogP contribution in [0.15, 0.2) is 0 Å². The maximum atomic E-state index is 12.4. The zero-order valence-electron chi connectivity index (χ0n) is 10.7. The number of rotatable bonds is 3. The molecule has 98 valence electrons. The highest BCUT2D eigenvalue weighted by Gasteiger charge is 2.33. The van der Waals surface area contributed by atoms with E-state index in [0.717, 1.165) is 45.3 Å². The molecule has 1 aliphatic carbocycles. The molecule has 1 amide bonds. The lowest BCUT2D eigenvalue weighted by Gasteiger charge is -2.30. The van der Waals surface area contributed by atoms with Gasteiger partial charge in [0.25, 0.3) is 0 Å². The van der Waals surface area contributed by atoms with E-state index in [-0.39, 0.29) is 12.0 Å². The van der Waals surface area contributed by atoms with E-state index in [1.807, 2.05) is 4.90 Å².